The molecule has 0 spiro atoms. The second-order valence-electron chi connectivity index (χ2n) is 4.62. The molecule has 0 saturated carbocycles. The van der Waals surface area contributed by atoms with Crippen LogP contribution in [0.1, 0.15) is 31.2 Å². The van der Waals surface area contributed by atoms with E-state index in [0.29, 0.717) is 19.5 Å². The fourth-order valence-corrected chi connectivity index (χ4v) is 2.10. The summed E-state index contributed by atoms with van der Waals surface area (Å²) in [6, 6.07) is 1.91. The van der Waals surface area contributed by atoms with E-state index in [1.165, 1.54) is 0 Å². The van der Waals surface area contributed by atoms with Gasteiger partial charge in [-0.1, -0.05) is 6.42 Å². The Morgan fingerprint density at radius 1 is 1.39 bits per heavy atom. The van der Waals surface area contributed by atoms with Gasteiger partial charge in [-0.25, -0.2) is 0 Å². The van der Waals surface area contributed by atoms with Gasteiger partial charge < -0.3 is 15.2 Å². The largest absolute Gasteiger partial charge is 0.367 e. The molecular formula is C13H19N3O2. The van der Waals surface area contributed by atoms with Gasteiger partial charge >= 0.3 is 0 Å². The van der Waals surface area contributed by atoms with Crippen molar-refractivity contribution in [1.29, 1.82) is 0 Å². The van der Waals surface area contributed by atoms with Crippen molar-refractivity contribution in [3.05, 3.63) is 24.0 Å². The van der Waals surface area contributed by atoms with Gasteiger partial charge in [-0.05, 0) is 24.5 Å². The highest BCUT2D eigenvalue weighted by Crippen LogP contribution is 2.10. The molecule has 5 heteroatoms. The number of rotatable bonds is 4. The van der Waals surface area contributed by atoms with Gasteiger partial charge in [0, 0.05) is 31.9 Å². The van der Waals surface area contributed by atoms with Crippen LogP contribution in [0.3, 0.4) is 0 Å². The highest BCUT2D eigenvalue weighted by molar-refractivity contribution is 5.84. The Labute approximate surface area is 107 Å². The fraction of sp³-hybridized carbons (Fsp3) is 0.538. The van der Waals surface area contributed by atoms with Gasteiger partial charge in [-0.2, -0.15) is 0 Å². The second-order valence-corrected chi connectivity index (χ2v) is 4.62. The number of aromatic amines is 1. The first-order valence-corrected chi connectivity index (χ1v) is 6.42. The lowest BCUT2D eigenvalue weighted by Crippen LogP contribution is -2.40. The Kier molecular flexibility index (Phi) is 4.39. The molecule has 0 atom stereocenters. The summed E-state index contributed by atoms with van der Waals surface area (Å²) in [6.07, 6.45) is 7.26. The Morgan fingerprint density at radius 3 is 3.06 bits per heavy atom. The maximum absolute atomic E-state index is 11.7. The minimum atomic E-state index is -0.0913. The number of carbonyl (C=O) groups excluding carboxylic acids is 2. The molecule has 2 heterocycles. The summed E-state index contributed by atoms with van der Waals surface area (Å²) in [5, 5.41) is 2.82. The molecule has 1 aromatic heterocycles. The molecule has 0 bridgehead atoms. The highest BCUT2D eigenvalue weighted by Gasteiger charge is 2.18. The maximum atomic E-state index is 11.7. The molecule has 1 saturated heterocycles. The predicted molar refractivity (Wildman–Crippen MR) is 67.7 cm³/mol. The molecule has 0 aromatic carbocycles. The van der Waals surface area contributed by atoms with Crippen LogP contribution in [0, 0.1) is 0 Å². The number of nitrogens with one attached hydrogen (secondary N) is 2. The van der Waals surface area contributed by atoms with Gasteiger partial charge in [0.2, 0.25) is 11.8 Å². The summed E-state index contributed by atoms with van der Waals surface area (Å²) >= 11 is 0. The van der Waals surface area contributed by atoms with E-state index < -0.39 is 0 Å². The van der Waals surface area contributed by atoms with E-state index in [4.69, 9.17) is 0 Å². The van der Waals surface area contributed by atoms with E-state index >= 15 is 0 Å². The third-order valence-electron chi connectivity index (χ3n) is 3.16. The molecule has 1 aliphatic heterocycles. The van der Waals surface area contributed by atoms with Crippen LogP contribution < -0.4 is 5.32 Å². The van der Waals surface area contributed by atoms with Crippen LogP contribution in [-0.2, 0) is 16.1 Å². The molecule has 0 aliphatic carbocycles. The minimum absolute atomic E-state index is 0.0913. The number of H-pyrrole nitrogens is 1. The van der Waals surface area contributed by atoms with E-state index in [1.807, 2.05) is 18.5 Å². The van der Waals surface area contributed by atoms with E-state index in [1.54, 1.807) is 4.90 Å². The van der Waals surface area contributed by atoms with Gasteiger partial charge in [0.05, 0.1) is 6.54 Å². The smallest absolute Gasteiger partial charge is 0.239 e. The van der Waals surface area contributed by atoms with Crippen molar-refractivity contribution in [2.45, 2.75) is 32.2 Å². The zero-order valence-electron chi connectivity index (χ0n) is 10.4. The topological polar surface area (TPSA) is 65.2 Å². The summed E-state index contributed by atoms with van der Waals surface area (Å²) in [5.74, 6) is 0.00995. The number of nitrogens with zero attached hydrogens (tertiary/aromatic N) is 1. The third kappa shape index (κ3) is 3.61. The first-order valence-electron chi connectivity index (χ1n) is 6.42. The summed E-state index contributed by atoms with van der Waals surface area (Å²) in [4.78, 5) is 28.1. The van der Waals surface area contributed by atoms with E-state index in [-0.39, 0.29) is 18.4 Å². The van der Waals surface area contributed by atoms with Crippen molar-refractivity contribution in [1.82, 2.24) is 15.2 Å². The van der Waals surface area contributed by atoms with Crippen molar-refractivity contribution in [2.75, 3.05) is 13.1 Å². The van der Waals surface area contributed by atoms with Crippen LogP contribution in [0.4, 0.5) is 0 Å². The van der Waals surface area contributed by atoms with Crippen molar-refractivity contribution >= 4 is 11.8 Å². The zero-order valence-corrected chi connectivity index (χ0v) is 10.4. The van der Waals surface area contributed by atoms with Crippen LogP contribution in [0.15, 0.2) is 18.5 Å². The van der Waals surface area contributed by atoms with Crippen molar-refractivity contribution < 1.29 is 9.59 Å². The molecule has 1 fully saturated rings. The number of carbonyl (C=O) groups is 2. The lowest BCUT2D eigenvalue weighted by molar-refractivity contribution is -0.135. The maximum Gasteiger partial charge on any atom is 0.239 e. The summed E-state index contributed by atoms with van der Waals surface area (Å²) < 4.78 is 0. The van der Waals surface area contributed by atoms with Crippen molar-refractivity contribution in [3.63, 3.8) is 0 Å². The van der Waals surface area contributed by atoms with E-state index in [9.17, 15) is 9.59 Å². The standard InChI is InChI=1S/C13H19N3O2/c17-12(15-9-11-5-6-14-8-11)10-16-7-3-1-2-4-13(16)18/h5-6,8,14H,1-4,7,9-10H2,(H,15,17). The Bertz CT molecular complexity index is 400. The molecule has 1 aromatic rings. The monoisotopic (exact) mass is 249 g/mol. The van der Waals surface area contributed by atoms with Crippen LogP contribution in [0.25, 0.3) is 0 Å². The SMILES string of the molecule is O=C(CN1CCCCCC1=O)NCc1cc[nH]c1. The molecule has 0 unspecified atom stereocenters. The zero-order chi connectivity index (χ0) is 12.8. The quantitative estimate of drug-likeness (QED) is 0.837. The average molecular weight is 249 g/mol. The lowest BCUT2D eigenvalue weighted by Gasteiger charge is -2.19. The highest BCUT2D eigenvalue weighted by atomic mass is 16.2. The van der Waals surface area contributed by atoms with Crippen molar-refractivity contribution in [2.24, 2.45) is 0 Å². The Hall–Kier alpha value is -1.78. The number of likely N-dealkylation sites (tertiary alicyclic amines) is 1. The molecule has 2 N–H and O–H groups in total. The van der Waals surface area contributed by atoms with E-state index in [2.05, 4.69) is 10.3 Å². The molecule has 2 amide bonds. The molecule has 18 heavy (non-hydrogen) atoms. The van der Waals surface area contributed by atoms with Crippen LogP contribution in [-0.4, -0.2) is 34.8 Å². The van der Waals surface area contributed by atoms with Crippen LogP contribution in [0.5, 0.6) is 0 Å². The Morgan fingerprint density at radius 2 is 2.28 bits per heavy atom. The lowest BCUT2D eigenvalue weighted by atomic mass is 10.2. The number of aromatic nitrogens is 1. The molecule has 1 aliphatic rings. The third-order valence-corrected chi connectivity index (χ3v) is 3.16. The first-order chi connectivity index (χ1) is 8.75. The van der Waals surface area contributed by atoms with Gasteiger partial charge in [-0.3, -0.25) is 9.59 Å². The fourth-order valence-electron chi connectivity index (χ4n) is 2.10. The summed E-state index contributed by atoms with van der Waals surface area (Å²) in [7, 11) is 0. The molecular weight excluding hydrogens is 230 g/mol. The number of hydrogen-bond acceptors (Lipinski definition) is 2. The van der Waals surface area contributed by atoms with Gasteiger partial charge in [0.15, 0.2) is 0 Å². The summed E-state index contributed by atoms with van der Waals surface area (Å²) in [5.41, 5.74) is 1.03. The molecule has 2 rings (SSSR count). The summed E-state index contributed by atoms with van der Waals surface area (Å²) in [6.45, 7) is 1.39. The van der Waals surface area contributed by atoms with E-state index in [0.717, 1.165) is 24.8 Å². The number of hydrogen-bond donors (Lipinski definition) is 2. The van der Waals surface area contributed by atoms with Crippen molar-refractivity contribution in [3.8, 4) is 0 Å². The second kappa shape index (κ2) is 6.23. The molecule has 5 nitrogen and oxygen atoms in total. The van der Waals surface area contributed by atoms with Crippen LogP contribution >= 0.6 is 0 Å². The van der Waals surface area contributed by atoms with Gasteiger partial charge in [0.25, 0.3) is 0 Å². The van der Waals surface area contributed by atoms with Gasteiger partial charge in [-0.15, -0.1) is 0 Å². The molecule has 0 radical (unpaired) electrons. The van der Waals surface area contributed by atoms with Gasteiger partial charge in [0.1, 0.15) is 0 Å². The number of amides is 2. The van der Waals surface area contributed by atoms with Crippen LogP contribution in [0.2, 0.25) is 0 Å². The normalized spacial score (nSPS) is 16.4. The predicted octanol–water partition coefficient (Wildman–Crippen LogP) is 1.03. The molecule has 98 valence electrons. The average Bonchev–Trinajstić information content (AvgIpc) is 2.80. The first kappa shape index (κ1) is 12.7. The minimum Gasteiger partial charge on any atom is -0.367 e. The Balaban J connectivity index is 1.77.